The van der Waals surface area contributed by atoms with Gasteiger partial charge in [0, 0.05) is 11.6 Å². The lowest BCUT2D eigenvalue weighted by atomic mass is 9.83. The Morgan fingerprint density at radius 3 is 2.85 bits per heavy atom. The second-order valence-electron chi connectivity index (χ2n) is 7.00. The number of hydrogen-bond donors (Lipinski definition) is 1. The van der Waals surface area contributed by atoms with Gasteiger partial charge < -0.3 is 0 Å². The van der Waals surface area contributed by atoms with Crippen LogP contribution in [0.5, 0.6) is 0 Å². The molecular weight excluding hydrogens is 324 g/mol. The van der Waals surface area contributed by atoms with Crippen molar-refractivity contribution in [2.45, 2.75) is 26.7 Å². The van der Waals surface area contributed by atoms with Gasteiger partial charge in [-0.1, -0.05) is 68.0 Å². The van der Waals surface area contributed by atoms with Crippen molar-refractivity contribution in [3.63, 3.8) is 0 Å². The molecule has 0 spiro atoms. The first kappa shape index (κ1) is 16.5. The Bertz CT molecular complexity index is 1040. The van der Waals surface area contributed by atoms with Crippen molar-refractivity contribution >= 4 is 5.78 Å². The van der Waals surface area contributed by atoms with E-state index in [2.05, 4.69) is 47.1 Å². The fourth-order valence-corrected chi connectivity index (χ4v) is 3.60. The third kappa shape index (κ3) is 3.12. The zero-order valence-corrected chi connectivity index (χ0v) is 15.0. The highest BCUT2D eigenvalue weighted by molar-refractivity contribution is 5.56. The number of nitrogens with zero attached hydrogens (tertiary/aromatic N) is 3. The summed E-state index contributed by atoms with van der Waals surface area (Å²) in [6.07, 6.45) is 8.34. The van der Waals surface area contributed by atoms with Crippen molar-refractivity contribution in [3.05, 3.63) is 76.2 Å². The molecule has 1 aromatic carbocycles. The van der Waals surface area contributed by atoms with Crippen LogP contribution in [-0.4, -0.2) is 19.6 Å². The van der Waals surface area contributed by atoms with Gasteiger partial charge in [0.15, 0.2) is 5.82 Å². The first-order chi connectivity index (χ1) is 12.6. The summed E-state index contributed by atoms with van der Waals surface area (Å²) in [6.45, 7) is 4.45. The third-order valence-electron chi connectivity index (χ3n) is 5.00. The summed E-state index contributed by atoms with van der Waals surface area (Å²) >= 11 is 0. The Balaban J connectivity index is 1.66. The van der Waals surface area contributed by atoms with Crippen LogP contribution in [0.25, 0.3) is 17.2 Å². The normalized spacial score (nSPS) is 18.1. The van der Waals surface area contributed by atoms with Gasteiger partial charge >= 0.3 is 0 Å². The summed E-state index contributed by atoms with van der Waals surface area (Å²) in [5.41, 5.74) is 3.01. The molecule has 0 amide bonds. The lowest BCUT2D eigenvalue weighted by Crippen LogP contribution is -2.18. The molecule has 0 bridgehead atoms. The number of H-pyrrole nitrogens is 1. The summed E-state index contributed by atoms with van der Waals surface area (Å²) in [5.74, 6) is 1.95. The van der Waals surface area contributed by atoms with Crippen molar-refractivity contribution < 1.29 is 0 Å². The predicted octanol–water partition coefficient (Wildman–Crippen LogP) is 3.79. The quantitative estimate of drug-likeness (QED) is 0.782. The maximum atomic E-state index is 12.5. The van der Waals surface area contributed by atoms with Crippen LogP contribution in [0.1, 0.15) is 26.0 Å². The van der Waals surface area contributed by atoms with E-state index < -0.39 is 0 Å². The number of nitrogens with one attached hydrogen (secondary N) is 1. The molecule has 2 heterocycles. The van der Waals surface area contributed by atoms with Crippen LogP contribution < -0.4 is 5.56 Å². The van der Waals surface area contributed by atoms with Crippen molar-refractivity contribution in [1.29, 1.82) is 0 Å². The lowest BCUT2D eigenvalue weighted by Gasteiger charge is -2.23. The van der Waals surface area contributed by atoms with Crippen LogP contribution in [0.4, 0.5) is 0 Å². The minimum atomic E-state index is -0.127. The predicted molar refractivity (Wildman–Crippen MR) is 103 cm³/mol. The van der Waals surface area contributed by atoms with Crippen LogP contribution in [0.15, 0.2) is 65.0 Å². The summed E-state index contributed by atoms with van der Waals surface area (Å²) in [5, 5.41) is 3.04. The summed E-state index contributed by atoms with van der Waals surface area (Å²) in [4.78, 5) is 21.6. The van der Waals surface area contributed by atoms with E-state index in [1.54, 1.807) is 6.07 Å². The van der Waals surface area contributed by atoms with Crippen molar-refractivity contribution in [2.75, 3.05) is 0 Å². The smallest absolute Gasteiger partial charge is 0.271 e. The SMILES string of the molecule is CC1CC=CC=C1C(C)Cc1cc(=O)n2[nH]c(-c3ccccc3)nc2n1. The number of aromatic nitrogens is 4. The van der Waals surface area contributed by atoms with E-state index in [4.69, 9.17) is 0 Å². The zero-order chi connectivity index (χ0) is 18.1. The molecule has 1 N–H and O–H groups in total. The van der Waals surface area contributed by atoms with E-state index in [0.29, 0.717) is 23.4 Å². The number of rotatable bonds is 4. The first-order valence-corrected chi connectivity index (χ1v) is 9.02. The van der Waals surface area contributed by atoms with Gasteiger partial charge in [-0.3, -0.25) is 9.89 Å². The number of aromatic amines is 1. The standard InChI is InChI=1S/C21H22N4O/c1-14-8-6-7-11-18(14)15(2)12-17-13-19(26)25-21(22-17)23-20(24-25)16-9-4-3-5-10-16/h3-7,9-11,13-15H,8,12H2,1-2H3,(H,22,23,24). The highest BCUT2D eigenvalue weighted by Crippen LogP contribution is 2.28. The van der Waals surface area contributed by atoms with E-state index in [1.165, 1.54) is 10.1 Å². The fraction of sp³-hybridized carbons (Fsp3) is 0.286. The molecule has 1 aliphatic carbocycles. The molecule has 0 saturated carbocycles. The highest BCUT2D eigenvalue weighted by Gasteiger charge is 2.18. The molecule has 2 atom stereocenters. The summed E-state index contributed by atoms with van der Waals surface area (Å²) in [7, 11) is 0. The second kappa shape index (κ2) is 6.75. The highest BCUT2D eigenvalue weighted by atomic mass is 16.1. The summed E-state index contributed by atoms with van der Waals surface area (Å²) < 4.78 is 1.40. The van der Waals surface area contributed by atoms with E-state index in [-0.39, 0.29) is 5.56 Å². The third-order valence-corrected chi connectivity index (χ3v) is 5.00. The zero-order valence-electron chi connectivity index (χ0n) is 15.0. The van der Waals surface area contributed by atoms with Gasteiger partial charge in [0.2, 0.25) is 0 Å². The molecule has 26 heavy (non-hydrogen) atoms. The molecule has 0 aliphatic heterocycles. The van der Waals surface area contributed by atoms with E-state index in [1.807, 2.05) is 30.3 Å². The van der Waals surface area contributed by atoms with Gasteiger partial charge in [0.05, 0.1) is 5.69 Å². The number of fused-ring (bicyclic) bond motifs is 1. The second-order valence-corrected chi connectivity index (χ2v) is 7.00. The maximum Gasteiger partial charge on any atom is 0.274 e. The number of benzene rings is 1. The van der Waals surface area contributed by atoms with Gasteiger partial charge in [-0.15, -0.1) is 0 Å². The topological polar surface area (TPSA) is 63.0 Å². The van der Waals surface area contributed by atoms with Crippen LogP contribution >= 0.6 is 0 Å². The van der Waals surface area contributed by atoms with E-state index in [0.717, 1.165) is 24.1 Å². The van der Waals surface area contributed by atoms with Gasteiger partial charge in [-0.05, 0) is 24.7 Å². The Labute approximate surface area is 152 Å². The average Bonchev–Trinajstić information content (AvgIpc) is 3.07. The Morgan fingerprint density at radius 1 is 1.27 bits per heavy atom. The average molecular weight is 346 g/mol. The van der Waals surface area contributed by atoms with Crippen molar-refractivity contribution in [3.8, 4) is 11.4 Å². The molecule has 2 aromatic heterocycles. The molecule has 0 fully saturated rings. The largest absolute Gasteiger partial charge is 0.274 e. The first-order valence-electron chi connectivity index (χ1n) is 9.02. The van der Waals surface area contributed by atoms with Crippen molar-refractivity contribution in [2.24, 2.45) is 11.8 Å². The number of hydrogen-bond acceptors (Lipinski definition) is 3. The van der Waals surface area contributed by atoms with Crippen LogP contribution in [0, 0.1) is 11.8 Å². The van der Waals surface area contributed by atoms with Crippen LogP contribution in [0.2, 0.25) is 0 Å². The molecule has 5 nitrogen and oxygen atoms in total. The lowest BCUT2D eigenvalue weighted by molar-refractivity contribution is 0.545. The molecule has 4 rings (SSSR count). The Kier molecular flexibility index (Phi) is 4.29. The van der Waals surface area contributed by atoms with Crippen LogP contribution in [-0.2, 0) is 6.42 Å². The number of allylic oxidation sites excluding steroid dienone is 4. The molecule has 3 aromatic rings. The van der Waals surface area contributed by atoms with E-state index in [9.17, 15) is 4.79 Å². The molecule has 0 radical (unpaired) electrons. The van der Waals surface area contributed by atoms with Gasteiger partial charge in [-0.2, -0.15) is 9.50 Å². The van der Waals surface area contributed by atoms with Crippen LogP contribution in [0.3, 0.4) is 0 Å². The molecule has 132 valence electrons. The fourth-order valence-electron chi connectivity index (χ4n) is 3.60. The molecule has 0 saturated heterocycles. The Morgan fingerprint density at radius 2 is 2.08 bits per heavy atom. The Hall–Kier alpha value is -2.95. The van der Waals surface area contributed by atoms with Crippen molar-refractivity contribution in [1.82, 2.24) is 19.6 Å². The maximum absolute atomic E-state index is 12.5. The minimum Gasteiger partial charge on any atom is -0.271 e. The molecular formula is C21H22N4O. The molecule has 1 aliphatic rings. The molecule has 2 unspecified atom stereocenters. The minimum absolute atomic E-state index is 0.127. The molecule has 5 heteroatoms. The van der Waals surface area contributed by atoms with E-state index >= 15 is 0 Å². The van der Waals surface area contributed by atoms with Gasteiger partial charge in [0.1, 0.15) is 0 Å². The van der Waals surface area contributed by atoms with Gasteiger partial charge in [-0.25, -0.2) is 4.98 Å². The monoisotopic (exact) mass is 346 g/mol. The summed E-state index contributed by atoms with van der Waals surface area (Å²) in [6, 6.07) is 11.4. The van der Waals surface area contributed by atoms with Gasteiger partial charge in [0.25, 0.3) is 11.3 Å².